The number of benzene rings is 2. The van der Waals surface area contributed by atoms with E-state index >= 15 is 0 Å². The van der Waals surface area contributed by atoms with Gasteiger partial charge < -0.3 is 10.1 Å². The predicted octanol–water partition coefficient (Wildman–Crippen LogP) is 4.40. The van der Waals surface area contributed by atoms with E-state index in [0.29, 0.717) is 11.6 Å². The van der Waals surface area contributed by atoms with Gasteiger partial charge in [0.2, 0.25) is 0 Å². The number of nitrogens with one attached hydrogen (secondary N) is 1. The highest BCUT2D eigenvalue weighted by Crippen LogP contribution is 2.25. The first-order chi connectivity index (χ1) is 13.2. The monoisotopic (exact) mass is 379 g/mol. The van der Waals surface area contributed by atoms with Crippen LogP contribution in [0.4, 0.5) is 5.82 Å². The lowest BCUT2D eigenvalue weighted by Gasteiger charge is -2.09. The van der Waals surface area contributed by atoms with Crippen LogP contribution >= 0.6 is 11.6 Å². The number of anilines is 1. The number of hydrogen-bond acceptors (Lipinski definition) is 5. The second kappa shape index (κ2) is 7.25. The van der Waals surface area contributed by atoms with Crippen LogP contribution in [0.15, 0.2) is 55.0 Å². The molecule has 0 bridgehead atoms. The van der Waals surface area contributed by atoms with Crippen LogP contribution in [0, 0.1) is 6.92 Å². The van der Waals surface area contributed by atoms with E-state index in [0.717, 1.165) is 39.4 Å². The normalized spacial score (nSPS) is 10.9. The third-order valence-electron chi connectivity index (χ3n) is 4.38. The van der Waals surface area contributed by atoms with Crippen LogP contribution in [-0.2, 0) is 6.54 Å². The molecule has 0 saturated heterocycles. The summed E-state index contributed by atoms with van der Waals surface area (Å²) in [5.74, 6) is 1.57. The largest absolute Gasteiger partial charge is 0.497 e. The van der Waals surface area contributed by atoms with Crippen LogP contribution < -0.4 is 10.1 Å². The van der Waals surface area contributed by atoms with Gasteiger partial charge in [0.15, 0.2) is 5.65 Å². The van der Waals surface area contributed by atoms with Gasteiger partial charge in [0.1, 0.15) is 17.9 Å². The maximum Gasteiger partial charge on any atom is 0.168 e. The summed E-state index contributed by atoms with van der Waals surface area (Å²) in [7, 11) is 1.66. The molecule has 0 spiro atoms. The molecule has 4 aromatic rings. The van der Waals surface area contributed by atoms with E-state index in [1.807, 2.05) is 49.4 Å². The molecule has 2 heterocycles. The number of nitrogens with zero attached hydrogens (tertiary/aromatic N) is 4. The number of hydrogen-bond donors (Lipinski definition) is 1. The van der Waals surface area contributed by atoms with Gasteiger partial charge in [0.25, 0.3) is 0 Å². The Morgan fingerprint density at radius 1 is 1.11 bits per heavy atom. The number of aromatic nitrogens is 4. The highest BCUT2D eigenvalue weighted by molar-refractivity contribution is 6.30. The van der Waals surface area contributed by atoms with Gasteiger partial charge in [-0.05, 0) is 42.3 Å². The molecule has 0 unspecified atom stereocenters. The van der Waals surface area contributed by atoms with Crippen molar-refractivity contribution in [1.82, 2.24) is 19.7 Å². The molecular weight excluding hydrogens is 362 g/mol. The fourth-order valence-electron chi connectivity index (χ4n) is 2.90. The van der Waals surface area contributed by atoms with Crippen LogP contribution in [-0.4, -0.2) is 26.9 Å². The van der Waals surface area contributed by atoms with E-state index in [4.69, 9.17) is 16.3 Å². The second-order valence-electron chi connectivity index (χ2n) is 6.15. The first-order valence-electron chi connectivity index (χ1n) is 8.48. The van der Waals surface area contributed by atoms with Crippen LogP contribution in [0.2, 0.25) is 5.02 Å². The Hall–Kier alpha value is -3.12. The van der Waals surface area contributed by atoms with Crippen molar-refractivity contribution in [3.8, 4) is 11.4 Å². The van der Waals surface area contributed by atoms with Gasteiger partial charge in [-0.15, -0.1) is 0 Å². The van der Waals surface area contributed by atoms with Crippen molar-refractivity contribution >= 4 is 28.5 Å². The lowest BCUT2D eigenvalue weighted by Crippen LogP contribution is -2.04. The summed E-state index contributed by atoms with van der Waals surface area (Å²) < 4.78 is 6.98. The Bertz CT molecular complexity index is 1090. The zero-order valence-corrected chi connectivity index (χ0v) is 15.7. The predicted molar refractivity (Wildman–Crippen MR) is 107 cm³/mol. The molecule has 6 nitrogen and oxygen atoms in total. The number of ether oxygens (including phenoxy) is 1. The molecule has 27 heavy (non-hydrogen) atoms. The fourth-order valence-corrected chi connectivity index (χ4v) is 3.07. The Kier molecular flexibility index (Phi) is 4.64. The average molecular weight is 380 g/mol. The van der Waals surface area contributed by atoms with Gasteiger partial charge >= 0.3 is 0 Å². The second-order valence-corrected chi connectivity index (χ2v) is 6.58. The summed E-state index contributed by atoms with van der Waals surface area (Å²) in [6.45, 7) is 2.65. The summed E-state index contributed by atoms with van der Waals surface area (Å²) >= 11 is 6.16. The van der Waals surface area contributed by atoms with Gasteiger partial charge in [-0.2, -0.15) is 5.10 Å². The van der Waals surface area contributed by atoms with E-state index in [1.54, 1.807) is 18.0 Å². The molecule has 7 heteroatoms. The quantitative estimate of drug-likeness (QED) is 0.556. The Labute approximate surface area is 161 Å². The molecule has 2 aromatic carbocycles. The van der Waals surface area contributed by atoms with Crippen LogP contribution in [0.5, 0.6) is 5.75 Å². The summed E-state index contributed by atoms with van der Waals surface area (Å²) in [5.41, 5.74) is 3.82. The molecular formula is C20H18ClN5O. The van der Waals surface area contributed by atoms with E-state index in [2.05, 4.69) is 20.4 Å². The molecule has 0 aliphatic heterocycles. The van der Waals surface area contributed by atoms with Crippen LogP contribution in [0.1, 0.15) is 11.1 Å². The SMILES string of the molecule is COc1ccc(CNc2ncnc3c2cnn3-c2cc(Cl)ccc2C)cc1. The minimum atomic E-state index is 0.636. The van der Waals surface area contributed by atoms with Gasteiger partial charge in [0.05, 0.1) is 24.4 Å². The molecule has 0 atom stereocenters. The number of fused-ring (bicyclic) bond motifs is 1. The topological polar surface area (TPSA) is 64.9 Å². The standard InChI is InChI=1S/C20H18ClN5O/c1-13-3-6-15(21)9-18(13)26-20-17(11-25-26)19(23-12-24-20)22-10-14-4-7-16(27-2)8-5-14/h3-9,11-12H,10H2,1-2H3,(H,22,23,24). The van der Waals surface area contributed by atoms with Crippen molar-refractivity contribution in [3.05, 3.63) is 71.1 Å². The number of rotatable bonds is 5. The summed E-state index contributed by atoms with van der Waals surface area (Å²) in [6.07, 6.45) is 3.31. The van der Waals surface area contributed by atoms with E-state index in [1.165, 1.54) is 6.33 Å². The third-order valence-corrected chi connectivity index (χ3v) is 4.62. The zero-order valence-electron chi connectivity index (χ0n) is 15.0. The van der Waals surface area contributed by atoms with Crippen LogP contribution in [0.3, 0.4) is 0 Å². The molecule has 0 aliphatic rings. The fraction of sp³-hybridized carbons (Fsp3) is 0.150. The number of aryl methyl sites for hydroxylation is 1. The first kappa shape index (κ1) is 17.3. The van der Waals surface area contributed by atoms with Crippen molar-refractivity contribution in [3.63, 3.8) is 0 Å². The van der Waals surface area contributed by atoms with E-state index in [-0.39, 0.29) is 0 Å². The van der Waals surface area contributed by atoms with Crippen molar-refractivity contribution < 1.29 is 4.74 Å². The molecule has 136 valence electrons. The maximum atomic E-state index is 6.16. The Morgan fingerprint density at radius 2 is 1.93 bits per heavy atom. The third kappa shape index (κ3) is 3.44. The Morgan fingerprint density at radius 3 is 2.70 bits per heavy atom. The van der Waals surface area contributed by atoms with Crippen LogP contribution in [0.25, 0.3) is 16.7 Å². The van der Waals surface area contributed by atoms with E-state index in [9.17, 15) is 0 Å². The highest BCUT2D eigenvalue weighted by Gasteiger charge is 2.13. The minimum absolute atomic E-state index is 0.636. The average Bonchev–Trinajstić information content (AvgIpc) is 3.13. The molecule has 2 aromatic heterocycles. The molecule has 1 N–H and O–H groups in total. The van der Waals surface area contributed by atoms with Gasteiger partial charge in [0, 0.05) is 11.6 Å². The van der Waals surface area contributed by atoms with Crippen molar-refractivity contribution in [1.29, 1.82) is 0 Å². The Balaban J connectivity index is 1.65. The van der Waals surface area contributed by atoms with Crippen molar-refractivity contribution in [2.75, 3.05) is 12.4 Å². The van der Waals surface area contributed by atoms with Gasteiger partial charge in [-0.1, -0.05) is 29.8 Å². The molecule has 0 saturated carbocycles. The number of halogens is 1. The van der Waals surface area contributed by atoms with E-state index < -0.39 is 0 Å². The maximum absolute atomic E-state index is 6.16. The van der Waals surface area contributed by atoms with Gasteiger partial charge in [-0.3, -0.25) is 0 Å². The molecule has 0 fully saturated rings. The first-order valence-corrected chi connectivity index (χ1v) is 8.85. The van der Waals surface area contributed by atoms with Crippen molar-refractivity contribution in [2.24, 2.45) is 0 Å². The lowest BCUT2D eigenvalue weighted by atomic mass is 10.2. The van der Waals surface area contributed by atoms with Crippen molar-refractivity contribution in [2.45, 2.75) is 13.5 Å². The molecule has 0 aliphatic carbocycles. The molecule has 0 radical (unpaired) electrons. The summed E-state index contributed by atoms with van der Waals surface area (Å²) in [4.78, 5) is 8.79. The molecule has 4 rings (SSSR count). The highest BCUT2D eigenvalue weighted by atomic mass is 35.5. The summed E-state index contributed by atoms with van der Waals surface area (Å²) in [5, 5.41) is 9.38. The van der Waals surface area contributed by atoms with Gasteiger partial charge in [-0.25, -0.2) is 14.6 Å². The minimum Gasteiger partial charge on any atom is -0.497 e. The lowest BCUT2D eigenvalue weighted by molar-refractivity contribution is 0.414. The summed E-state index contributed by atoms with van der Waals surface area (Å²) in [6, 6.07) is 13.6. The zero-order chi connectivity index (χ0) is 18.8. The number of methoxy groups -OCH3 is 1. The smallest absolute Gasteiger partial charge is 0.168 e. The molecule has 0 amide bonds.